The summed E-state index contributed by atoms with van der Waals surface area (Å²) >= 11 is 0. The third-order valence-electron chi connectivity index (χ3n) is 5.71. The van der Waals surface area contributed by atoms with Gasteiger partial charge in [0.05, 0.1) is 0 Å². The maximum absolute atomic E-state index is 3.30. The van der Waals surface area contributed by atoms with Gasteiger partial charge in [0.25, 0.3) is 0 Å². The molecule has 6 rings (SSSR count). The van der Waals surface area contributed by atoms with Gasteiger partial charge in [-0.05, 0) is 24.2 Å². The van der Waals surface area contributed by atoms with Crippen molar-refractivity contribution < 1.29 is 26.2 Å². The predicted molar refractivity (Wildman–Crippen MR) is 132 cm³/mol. The number of aryl methyl sites for hydroxylation is 1. The van der Waals surface area contributed by atoms with Crippen LogP contribution in [-0.4, -0.2) is 0 Å². The van der Waals surface area contributed by atoms with Crippen LogP contribution >= 0.6 is 8.58 Å². The monoisotopic (exact) mass is 492 g/mol. The van der Waals surface area contributed by atoms with Crippen molar-refractivity contribution in [3.05, 3.63) is 126 Å². The number of hydrogen-bond acceptors (Lipinski definition) is 0. The van der Waals surface area contributed by atoms with Crippen LogP contribution in [0.25, 0.3) is 21.9 Å². The molecule has 0 spiro atoms. The van der Waals surface area contributed by atoms with Crippen molar-refractivity contribution >= 4 is 30.0 Å². The summed E-state index contributed by atoms with van der Waals surface area (Å²) < 4.78 is 0. The second-order valence-corrected chi connectivity index (χ2v) is 9.00. The quantitative estimate of drug-likeness (QED) is 0.189. The molecule has 0 aromatic heterocycles. The Labute approximate surface area is 205 Å². The molecule has 0 radical (unpaired) electrons. The zero-order valence-electron chi connectivity index (χ0n) is 17.5. The number of benzene rings is 4. The van der Waals surface area contributed by atoms with E-state index in [4.69, 9.17) is 0 Å². The fourth-order valence-electron chi connectivity index (χ4n) is 4.12. The molecule has 0 fully saturated rings. The minimum absolute atomic E-state index is 0. The van der Waals surface area contributed by atoms with Crippen molar-refractivity contribution in [2.45, 2.75) is 13.3 Å². The van der Waals surface area contributed by atoms with E-state index in [0.717, 1.165) is 15.0 Å². The van der Waals surface area contributed by atoms with Crippen molar-refractivity contribution in [1.82, 2.24) is 0 Å². The first-order valence-corrected chi connectivity index (χ1v) is 11.3. The van der Waals surface area contributed by atoms with Gasteiger partial charge in [0.1, 0.15) is 0 Å². The van der Waals surface area contributed by atoms with Gasteiger partial charge in [0.15, 0.2) is 0 Å². The van der Waals surface area contributed by atoms with E-state index in [-0.39, 0.29) is 26.2 Å². The number of hydrogen-bond donors (Lipinski definition) is 0. The number of fused-ring (bicyclic) bond motifs is 4. The first-order valence-electron chi connectivity index (χ1n) is 10.3. The van der Waals surface area contributed by atoms with Crippen molar-refractivity contribution in [2.75, 3.05) is 0 Å². The Bertz CT molecular complexity index is 1270. The average molecular weight is 494 g/mol. The average Bonchev–Trinajstić information content (AvgIpc) is 3.37. The van der Waals surface area contributed by atoms with E-state index in [9.17, 15) is 0 Å². The van der Waals surface area contributed by atoms with Gasteiger partial charge >= 0.3 is 26.2 Å². The van der Waals surface area contributed by atoms with Crippen molar-refractivity contribution in [3.63, 3.8) is 0 Å². The van der Waals surface area contributed by atoms with Crippen LogP contribution in [0.1, 0.15) is 16.7 Å². The molecule has 5 aromatic rings. The molecule has 0 bridgehead atoms. The Morgan fingerprint density at radius 3 is 2.42 bits per heavy atom. The van der Waals surface area contributed by atoms with Crippen LogP contribution < -0.4 is 10.6 Å². The fraction of sp³-hybridized carbons (Fsp3) is 0.0690. The molecule has 2 heteroatoms. The Balaban J connectivity index is 0.000000149. The molecule has 0 aliphatic heterocycles. The molecule has 1 aliphatic rings. The van der Waals surface area contributed by atoms with Crippen molar-refractivity contribution in [2.24, 2.45) is 0 Å². The second kappa shape index (κ2) is 9.95. The van der Waals surface area contributed by atoms with Crippen LogP contribution in [0, 0.1) is 13.0 Å². The van der Waals surface area contributed by atoms with Crippen LogP contribution in [0.4, 0.5) is 0 Å². The molecule has 148 valence electrons. The minimum atomic E-state index is 0. The summed E-state index contributed by atoms with van der Waals surface area (Å²) in [6.07, 6.45) is 1.05. The predicted octanol–water partition coefficient (Wildman–Crippen LogP) is 6.55. The summed E-state index contributed by atoms with van der Waals surface area (Å²) in [6, 6.07) is 39.9. The first kappa shape index (κ1) is 22.0. The molecule has 0 nitrogen and oxygen atoms in total. The molecule has 1 unspecified atom stereocenters. The van der Waals surface area contributed by atoms with E-state index in [1.54, 1.807) is 0 Å². The van der Waals surface area contributed by atoms with E-state index >= 15 is 0 Å². The summed E-state index contributed by atoms with van der Waals surface area (Å²) in [5.74, 6) is 0. The molecule has 1 aliphatic carbocycles. The van der Waals surface area contributed by atoms with Gasteiger partial charge < -0.3 is 0 Å². The normalized spacial score (nSPS) is 11.5. The van der Waals surface area contributed by atoms with Gasteiger partial charge in [-0.15, -0.1) is 54.5 Å². The fourth-order valence-corrected chi connectivity index (χ4v) is 5.39. The molecule has 0 N–H and O–H groups in total. The van der Waals surface area contributed by atoms with E-state index in [1.165, 1.54) is 49.2 Å². The van der Waals surface area contributed by atoms with E-state index in [2.05, 4.69) is 110 Å². The van der Waals surface area contributed by atoms with Crippen LogP contribution in [0.15, 0.2) is 103 Å². The zero-order valence-corrected chi connectivity index (χ0v) is 21.0. The summed E-state index contributed by atoms with van der Waals surface area (Å²) in [5.41, 5.74) is 6.90. The zero-order chi connectivity index (χ0) is 20.3. The van der Waals surface area contributed by atoms with Gasteiger partial charge in [0.2, 0.25) is 0 Å². The van der Waals surface area contributed by atoms with Gasteiger partial charge in [-0.1, -0.05) is 65.7 Å². The summed E-state index contributed by atoms with van der Waals surface area (Å²) in [7, 11) is 0.754. The molecule has 31 heavy (non-hydrogen) atoms. The molecule has 0 amide bonds. The smallest absolute Gasteiger partial charge is 0.179 e. The maximum atomic E-state index is 3.30. The molecule has 5 aromatic carbocycles. The summed E-state index contributed by atoms with van der Waals surface area (Å²) in [5, 5.41) is 5.65. The van der Waals surface area contributed by atoms with Gasteiger partial charge in [-0.3, -0.25) is 0 Å². The summed E-state index contributed by atoms with van der Waals surface area (Å²) in [4.78, 5) is 0. The van der Waals surface area contributed by atoms with E-state index in [1.807, 2.05) is 6.07 Å². The summed E-state index contributed by atoms with van der Waals surface area (Å²) in [6.45, 7) is 2.19. The number of rotatable bonds is 2. The second-order valence-electron chi connectivity index (χ2n) is 7.67. The van der Waals surface area contributed by atoms with Crippen LogP contribution in [0.3, 0.4) is 0 Å². The molecule has 0 saturated carbocycles. The van der Waals surface area contributed by atoms with Crippen molar-refractivity contribution in [3.8, 4) is 11.1 Å². The molecular weight excluding hydrogens is 471 g/mol. The van der Waals surface area contributed by atoms with E-state index < -0.39 is 0 Å². The van der Waals surface area contributed by atoms with Gasteiger partial charge in [-0.2, -0.15) is 35.9 Å². The SMILES string of the molecule is Cc1ccccc1P[c-]1ccc2ccccc21.[Zr+2].[c-]1cccc2c1Cc1ccccc1-2. The molecule has 0 saturated heterocycles. The van der Waals surface area contributed by atoms with Crippen LogP contribution in [0.2, 0.25) is 0 Å². The first-order chi connectivity index (χ1) is 14.8. The molecule has 0 heterocycles. The third kappa shape index (κ3) is 4.69. The van der Waals surface area contributed by atoms with Crippen LogP contribution in [0.5, 0.6) is 0 Å². The van der Waals surface area contributed by atoms with Crippen LogP contribution in [-0.2, 0) is 32.6 Å². The van der Waals surface area contributed by atoms with Gasteiger partial charge in [0, 0.05) is 0 Å². The third-order valence-corrected chi connectivity index (χ3v) is 7.25. The van der Waals surface area contributed by atoms with Gasteiger partial charge in [-0.25, -0.2) is 0 Å². The molecule has 1 atom stereocenters. The maximum Gasteiger partial charge on any atom is 2.00 e. The van der Waals surface area contributed by atoms with E-state index in [0.29, 0.717) is 0 Å². The van der Waals surface area contributed by atoms with Crippen molar-refractivity contribution in [1.29, 1.82) is 0 Å². The minimum Gasteiger partial charge on any atom is -0.179 e. The Morgan fingerprint density at radius 2 is 1.52 bits per heavy atom. The topological polar surface area (TPSA) is 0 Å². The Kier molecular flexibility index (Phi) is 7.07. The molecular formula is C29H23PZr. The standard InChI is InChI=1S/C16H14P.C13H9.Zr/c1-12-6-2-5-9-15(12)17-16-11-10-13-7-3-4-8-14(13)16;1-3-7-12-10(5-1)9-11-6-2-4-8-13(11)12;/h2-11,17H,1H3;1-5,7-8H,9H2;/q2*-1;+2. The Hall–Kier alpha value is -2.20. The Morgan fingerprint density at radius 1 is 0.774 bits per heavy atom. The largest absolute Gasteiger partial charge is 2.00 e.